The van der Waals surface area contributed by atoms with Crippen molar-refractivity contribution in [2.75, 3.05) is 9.80 Å². The van der Waals surface area contributed by atoms with E-state index in [-0.39, 0.29) is 35.3 Å². The minimum Gasteiger partial charge on any atom is -0.281 e. The van der Waals surface area contributed by atoms with Gasteiger partial charge in [-0.2, -0.15) is 0 Å². The zero-order valence-electron chi connectivity index (χ0n) is 29.5. The molecule has 2 N–H and O–H groups in total. The van der Waals surface area contributed by atoms with Crippen LogP contribution in [-0.2, 0) is 0 Å². The molecule has 0 aliphatic carbocycles. The van der Waals surface area contributed by atoms with E-state index in [0.29, 0.717) is 5.96 Å². The first kappa shape index (κ1) is 32.2. The SMILES string of the molecule is Cc1ccc2c(c1)c1cc(C)ccc1n2N=C1N(c2c(C(C)C)cccc2C(C)C)C(=N)C(=N)N1c1c(C(C)C)cccc1C(C)C. The van der Waals surface area contributed by atoms with Gasteiger partial charge in [-0.1, -0.05) is 115 Å². The van der Waals surface area contributed by atoms with E-state index < -0.39 is 0 Å². The highest BCUT2D eigenvalue weighted by molar-refractivity contribution is 6.63. The fourth-order valence-electron chi connectivity index (χ4n) is 6.99. The normalized spacial score (nSPS) is 14.0. The van der Waals surface area contributed by atoms with E-state index in [0.717, 1.165) is 55.4 Å². The van der Waals surface area contributed by atoms with Gasteiger partial charge in [0.05, 0.1) is 22.4 Å². The van der Waals surface area contributed by atoms with Crippen LogP contribution in [0.5, 0.6) is 0 Å². The first-order chi connectivity index (χ1) is 22.3. The van der Waals surface area contributed by atoms with E-state index in [2.05, 4.69) is 142 Å². The van der Waals surface area contributed by atoms with Gasteiger partial charge in [0.1, 0.15) is 0 Å². The number of rotatable bonds is 7. The molecule has 1 fully saturated rings. The fourth-order valence-corrected chi connectivity index (χ4v) is 6.99. The van der Waals surface area contributed by atoms with Crippen LogP contribution in [0, 0.1) is 24.7 Å². The molecule has 1 aromatic heterocycles. The van der Waals surface area contributed by atoms with Gasteiger partial charge in [-0.3, -0.25) is 20.6 Å². The smallest absolute Gasteiger partial charge is 0.240 e. The highest BCUT2D eigenvalue weighted by Crippen LogP contribution is 2.43. The Morgan fingerprint density at radius 2 is 0.851 bits per heavy atom. The quantitative estimate of drug-likeness (QED) is 0.189. The van der Waals surface area contributed by atoms with Crippen LogP contribution in [0.15, 0.2) is 77.9 Å². The first-order valence-electron chi connectivity index (χ1n) is 17.0. The van der Waals surface area contributed by atoms with E-state index >= 15 is 0 Å². The third-order valence-corrected chi connectivity index (χ3v) is 9.44. The molecule has 6 heteroatoms. The molecule has 0 unspecified atom stereocenters. The van der Waals surface area contributed by atoms with Crippen molar-refractivity contribution in [1.82, 2.24) is 4.68 Å². The maximum Gasteiger partial charge on any atom is 0.240 e. The molecule has 0 radical (unpaired) electrons. The number of aryl methyl sites for hydroxylation is 2. The standard InChI is InChI=1S/C41H48N6/c1-23(2)29-13-11-14-30(24(3)4)37(29)45-39(42)40(43)46(38-31(25(5)6)15-12-16-32(38)26(7)8)41(45)44-47-35-19-17-27(9)21-33(35)34-22-28(10)18-20-36(34)47/h11-26,42-43H,1-10H3. The Labute approximate surface area is 279 Å². The van der Waals surface area contributed by atoms with Crippen LogP contribution in [0.2, 0.25) is 0 Å². The average Bonchev–Trinajstić information content (AvgIpc) is 3.44. The second kappa shape index (κ2) is 12.1. The van der Waals surface area contributed by atoms with Crippen LogP contribution in [0.4, 0.5) is 11.4 Å². The maximum absolute atomic E-state index is 9.67. The van der Waals surface area contributed by atoms with Crippen molar-refractivity contribution in [2.45, 2.75) is 92.9 Å². The number of para-hydroxylation sites is 2. The second-order valence-electron chi connectivity index (χ2n) is 14.3. The molecule has 1 aliphatic rings. The van der Waals surface area contributed by atoms with Gasteiger partial charge in [-0.25, -0.2) is 4.68 Å². The van der Waals surface area contributed by atoms with Crippen LogP contribution in [0.3, 0.4) is 0 Å². The fraction of sp³-hybridized carbons (Fsp3) is 0.341. The molecule has 0 spiro atoms. The number of hydrogen-bond acceptors (Lipinski definition) is 3. The molecule has 2 heterocycles. The minimum absolute atomic E-state index is 0.125. The molecule has 47 heavy (non-hydrogen) atoms. The van der Waals surface area contributed by atoms with Crippen LogP contribution < -0.4 is 9.80 Å². The van der Waals surface area contributed by atoms with Gasteiger partial charge in [0.25, 0.3) is 0 Å². The van der Waals surface area contributed by atoms with E-state index in [9.17, 15) is 10.8 Å². The van der Waals surface area contributed by atoms with Crippen molar-refractivity contribution < 1.29 is 0 Å². The van der Waals surface area contributed by atoms with Gasteiger partial charge < -0.3 is 0 Å². The number of fused-ring (bicyclic) bond motifs is 3. The Morgan fingerprint density at radius 3 is 1.17 bits per heavy atom. The third-order valence-electron chi connectivity index (χ3n) is 9.44. The first-order valence-corrected chi connectivity index (χ1v) is 17.0. The molecular formula is C41H48N6. The lowest BCUT2D eigenvalue weighted by Crippen LogP contribution is -2.38. The number of benzene rings is 4. The number of guanidine groups is 1. The predicted octanol–water partition coefficient (Wildman–Crippen LogP) is 11.0. The lowest BCUT2D eigenvalue weighted by atomic mass is 9.91. The summed E-state index contributed by atoms with van der Waals surface area (Å²) >= 11 is 0. The largest absolute Gasteiger partial charge is 0.281 e. The van der Waals surface area contributed by atoms with E-state index in [1.165, 1.54) is 11.1 Å². The van der Waals surface area contributed by atoms with Crippen LogP contribution in [0.25, 0.3) is 21.8 Å². The molecule has 242 valence electrons. The summed E-state index contributed by atoms with van der Waals surface area (Å²) in [4.78, 5) is 3.91. The molecule has 0 bridgehead atoms. The average molecular weight is 625 g/mol. The number of nitrogens with zero attached hydrogens (tertiary/aromatic N) is 4. The Bertz CT molecular complexity index is 1880. The zero-order chi connectivity index (χ0) is 33.9. The van der Waals surface area contributed by atoms with Crippen molar-refractivity contribution in [3.05, 3.63) is 106 Å². The lowest BCUT2D eigenvalue weighted by molar-refractivity contribution is 0.829. The van der Waals surface area contributed by atoms with Gasteiger partial charge in [0.15, 0.2) is 11.7 Å². The van der Waals surface area contributed by atoms with Gasteiger partial charge in [-0.15, -0.1) is 5.10 Å². The van der Waals surface area contributed by atoms with Crippen molar-refractivity contribution in [3.63, 3.8) is 0 Å². The number of nitrogens with one attached hydrogen (secondary N) is 2. The summed E-state index contributed by atoms with van der Waals surface area (Å²) in [5.41, 5.74) is 10.8. The molecule has 4 aromatic carbocycles. The second-order valence-corrected chi connectivity index (χ2v) is 14.3. The summed E-state index contributed by atoms with van der Waals surface area (Å²) in [7, 11) is 0. The molecule has 5 aromatic rings. The van der Waals surface area contributed by atoms with E-state index in [1.807, 2.05) is 14.5 Å². The third kappa shape index (κ3) is 5.34. The van der Waals surface area contributed by atoms with Crippen LogP contribution in [-0.4, -0.2) is 22.3 Å². The highest BCUT2D eigenvalue weighted by atomic mass is 15.5. The van der Waals surface area contributed by atoms with Crippen molar-refractivity contribution in [1.29, 1.82) is 10.8 Å². The van der Waals surface area contributed by atoms with Crippen LogP contribution in [0.1, 0.15) is 112 Å². The Balaban J connectivity index is 1.78. The molecular weight excluding hydrogens is 576 g/mol. The number of anilines is 2. The number of hydrogen-bond donors (Lipinski definition) is 2. The highest BCUT2D eigenvalue weighted by Gasteiger charge is 2.43. The van der Waals surface area contributed by atoms with Crippen molar-refractivity contribution in [2.24, 2.45) is 5.10 Å². The Hall–Kier alpha value is -4.71. The Morgan fingerprint density at radius 1 is 0.511 bits per heavy atom. The number of aromatic nitrogens is 1. The summed E-state index contributed by atoms with van der Waals surface area (Å²) < 4.78 is 2.03. The van der Waals surface area contributed by atoms with Crippen LogP contribution >= 0.6 is 0 Å². The maximum atomic E-state index is 9.67. The minimum atomic E-state index is 0.125. The topological polar surface area (TPSA) is 71.5 Å². The summed E-state index contributed by atoms with van der Waals surface area (Å²) in [5, 5.41) is 27.2. The molecule has 0 atom stereocenters. The molecule has 6 nitrogen and oxygen atoms in total. The molecule has 1 saturated heterocycles. The van der Waals surface area contributed by atoms with Gasteiger partial charge >= 0.3 is 0 Å². The molecule has 0 saturated carbocycles. The monoisotopic (exact) mass is 624 g/mol. The van der Waals surface area contributed by atoms with Crippen molar-refractivity contribution >= 4 is 50.8 Å². The molecule has 1 aliphatic heterocycles. The van der Waals surface area contributed by atoms with Crippen molar-refractivity contribution in [3.8, 4) is 0 Å². The summed E-state index contributed by atoms with van der Waals surface area (Å²) in [6.07, 6.45) is 0. The van der Waals surface area contributed by atoms with Gasteiger partial charge in [0, 0.05) is 10.8 Å². The lowest BCUT2D eigenvalue weighted by Gasteiger charge is -2.30. The Kier molecular flexibility index (Phi) is 8.33. The summed E-state index contributed by atoms with van der Waals surface area (Å²) in [6.45, 7) is 21.8. The van der Waals surface area contributed by atoms with Gasteiger partial charge in [-0.05, 0) is 84.0 Å². The van der Waals surface area contributed by atoms with Gasteiger partial charge in [0.2, 0.25) is 5.96 Å². The molecule has 6 rings (SSSR count). The molecule has 0 amide bonds. The predicted molar refractivity (Wildman–Crippen MR) is 201 cm³/mol. The van der Waals surface area contributed by atoms with E-state index in [4.69, 9.17) is 5.10 Å². The number of amidine groups is 2. The summed E-state index contributed by atoms with van der Waals surface area (Å²) in [6, 6.07) is 25.9. The summed E-state index contributed by atoms with van der Waals surface area (Å²) in [5.74, 6) is 1.61. The van der Waals surface area contributed by atoms with E-state index in [1.54, 1.807) is 0 Å². The zero-order valence-corrected chi connectivity index (χ0v) is 29.5.